The number of carbonyl (C=O) groups excluding carboxylic acids is 1. The highest BCUT2D eigenvalue weighted by molar-refractivity contribution is 5.82. The number of Topliss-reactive ketones (excluding diaryl/α,β-unsaturated/α-hetero) is 1. The predicted molar refractivity (Wildman–Crippen MR) is 114 cm³/mol. The van der Waals surface area contributed by atoms with Crippen LogP contribution in [0.25, 0.3) is 0 Å². The second-order valence-electron chi connectivity index (χ2n) is 6.10. The van der Waals surface area contributed by atoms with Crippen LogP contribution in [0, 0.1) is 0 Å². The number of aliphatic hydroxyl groups excluding tert-OH is 1. The van der Waals surface area contributed by atoms with E-state index in [0.29, 0.717) is 12.8 Å². The molecule has 0 fully saturated rings. The van der Waals surface area contributed by atoms with Crippen LogP contribution in [0.3, 0.4) is 0 Å². The molecule has 0 bridgehead atoms. The first-order chi connectivity index (χ1) is 12.7. The van der Waals surface area contributed by atoms with Crippen molar-refractivity contribution in [2.45, 2.75) is 71.3 Å². The minimum Gasteiger partial charge on any atom is -0.386 e. The number of carbonyl (C=O) groups is 1. The molecule has 0 aliphatic carbocycles. The van der Waals surface area contributed by atoms with Crippen molar-refractivity contribution >= 4 is 5.78 Å². The summed E-state index contributed by atoms with van der Waals surface area (Å²) in [5, 5.41) is 9.07. The van der Waals surface area contributed by atoms with Gasteiger partial charge in [-0.3, -0.25) is 4.79 Å². The van der Waals surface area contributed by atoms with Crippen molar-refractivity contribution in [2.24, 2.45) is 0 Å². The van der Waals surface area contributed by atoms with E-state index < -0.39 is 6.10 Å². The lowest BCUT2D eigenvalue weighted by molar-refractivity contribution is -0.126. The molecule has 0 radical (unpaired) electrons. The van der Waals surface area contributed by atoms with Crippen molar-refractivity contribution in [3.05, 3.63) is 72.9 Å². The Bertz CT molecular complexity index is 502. The summed E-state index contributed by atoms with van der Waals surface area (Å²) >= 11 is 0. The van der Waals surface area contributed by atoms with Gasteiger partial charge in [-0.25, -0.2) is 0 Å². The Kier molecular flexibility index (Phi) is 18.0. The zero-order chi connectivity index (χ0) is 19.3. The van der Waals surface area contributed by atoms with Crippen LogP contribution in [0.5, 0.6) is 0 Å². The molecule has 0 aliphatic rings. The van der Waals surface area contributed by atoms with Gasteiger partial charge in [0, 0.05) is 6.42 Å². The van der Waals surface area contributed by atoms with E-state index in [1.165, 1.54) is 6.92 Å². The van der Waals surface area contributed by atoms with Gasteiger partial charge in [0.1, 0.15) is 6.10 Å². The molecule has 0 aromatic rings. The third-order valence-electron chi connectivity index (χ3n) is 3.62. The summed E-state index contributed by atoms with van der Waals surface area (Å²) in [5.74, 6) is -0.0930. The first-order valence-corrected chi connectivity index (χ1v) is 9.79. The smallest absolute Gasteiger partial charge is 0.161 e. The maximum Gasteiger partial charge on any atom is 0.161 e. The maximum atomic E-state index is 11.2. The van der Waals surface area contributed by atoms with Crippen LogP contribution >= 0.6 is 0 Å². The Labute approximate surface area is 160 Å². The van der Waals surface area contributed by atoms with Gasteiger partial charge in [-0.1, -0.05) is 79.8 Å². The summed E-state index contributed by atoms with van der Waals surface area (Å²) in [4.78, 5) is 11.2. The quantitative estimate of drug-likeness (QED) is 0.344. The summed E-state index contributed by atoms with van der Waals surface area (Å²) in [5.41, 5.74) is 0. The van der Waals surface area contributed by atoms with E-state index in [1.807, 2.05) is 6.08 Å². The summed E-state index contributed by atoms with van der Waals surface area (Å²) in [6.07, 6.45) is 32.1. The van der Waals surface area contributed by atoms with Gasteiger partial charge in [0.25, 0.3) is 0 Å². The van der Waals surface area contributed by atoms with Gasteiger partial charge in [0.05, 0.1) is 0 Å². The zero-order valence-corrected chi connectivity index (χ0v) is 16.5. The predicted octanol–water partition coefficient (Wildman–Crippen LogP) is 6.41. The van der Waals surface area contributed by atoms with Gasteiger partial charge in [0.2, 0.25) is 0 Å². The monoisotopic (exact) mass is 356 g/mol. The molecule has 0 amide bonds. The number of allylic oxidation sites excluding steroid dienone is 12. The minimum absolute atomic E-state index is 0.0930. The SMILES string of the molecule is CC/C=C\C/C=C\C/C=C\C/C=C\C/C=C\C/C=C\CCC(=O)C(C)O. The molecule has 144 valence electrons. The highest BCUT2D eigenvalue weighted by Gasteiger charge is 2.06. The summed E-state index contributed by atoms with van der Waals surface area (Å²) in [6, 6.07) is 0. The maximum absolute atomic E-state index is 11.2. The lowest BCUT2D eigenvalue weighted by Gasteiger charge is -1.99. The Hall–Kier alpha value is -1.93. The van der Waals surface area contributed by atoms with E-state index >= 15 is 0 Å². The van der Waals surface area contributed by atoms with Crippen LogP contribution < -0.4 is 0 Å². The Balaban J connectivity index is 3.57. The first-order valence-electron chi connectivity index (χ1n) is 9.79. The number of ketones is 1. The van der Waals surface area contributed by atoms with Crippen molar-refractivity contribution in [1.29, 1.82) is 0 Å². The standard InChI is InChI=1S/C24H36O2/c1-3-4-5-6-7-8-9-10-11-12-13-14-15-16-17-18-19-20-21-22-24(26)23(2)25/h4-5,7-8,10-11,13-14,16-17,19-20,23,25H,3,6,9,12,15,18,21-22H2,1-2H3/b5-4-,8-7-,11-10-,14-13-,17-16-,20-19-. The van der Waals surface area contributed by atoms with Gasteiger partial charge < -0.3 is 5.11 Å². The molecule has 0 saturated carbocycles. The number of rotatable bonds is 15. The highest BCUT2D eigenvalue weighted by Crippen LogP contribution is 1.99. The van der Waals surface area contributed by atoms with E-state index in [-0.39, 0.29) is 5.78 Å². The Morgan fingerprint density at radius 1 is 0.692 bits per heavy atom. The summed E-state index contributed by atoms with van der Waals surface area (Å²) in [7, 11) is 0. The molecule has 0 aromatic heterocycles. The molecule has 26 heavy (non-hydrogen) atoms. The fourth-order valence-corrected chi connectivity index (χ4v) is 2.07. The van der Waals surface area contributed by atoms with Crippen LogP contribution in [-0.4, -0.2) is 17.0 Å². The summed E-state index contributed by atoms with van der Waals surface area (Å²) < 4.78 is 0. The van der Waals surface area contributed by atoms with E-state index in [4.69, 9.17) is 5.11 Å². The first kappa shape index (κ1) is 24.1. The fraction of sp³-hybridized carbons (Fsp3) is 0.458. The average molecular weight is 357 g/mol. The van der Waals surface area contributed by atoms with Crippen molar-refractivity contribution in [3.63, 3.8) is 0 Å². The average Bonchev–Trinajstić information content (AvgIpc) is 2.63. The van der Waals surface area contributed by atoms with Crippen LogP contribution in [0.2, 0.25) is 0 Å². The van der Waals surface area contributed by atoms with Gasteiger partial charge in [0.15, 0.2) is 5.78 Å². The molecule has 0 saturated heterocycles. The van der Waals surface area contributed by atoms with Crippen LogP contribution in [0.1, 0.15) is 65.2 Å². The summed E-state index contributed by atoms with van der Waals surface area (Å²) in [6.45, 7) is 3.67. The third-order valence-corrected chi connectivity index (χ3v) is 3.62. The van der Waals surface area contributed by atoms with Gasteiger partial charge in [-0.15, -0.1) is 0 Å². The van der Waals surface area contributed by atoms with Crippen LogP contribution in [0.15, 0.2) is 72.9 Å². The molecule has 1 atom stereocenters. The molecule has 0 aliphatic heterocycles. The molecule has 1 N–H and O–H groups in total. The number of aliphatic hydroxyl groups is 1. The van der Waals surface area contributed by atoms with E-state index in [9.17, 15) is 4.79 Å². The third kappa shape index (κ3) is 18.4. The zero-order valence-electron chi connectivity index (χ0n) is 16.5. The Morgan fingerprint density at radius 3 is 1.38 bits per heavy atom. The molecule has 1 unspecified atom stereocenters. The van der Waals surface area contributed by atoms with Gasteiger partial charge in [-0.05, 0) is 51.9 Å². The molecule has 2 heteroatoms. The molecule has 0 heterocycles. The second-order valence-corrected chi connectivity index (χ2v) is 6.10. The molecular formula is C24H36O2. The van der Waals surface area contributed by atoms with Crippen molar-refractivity contribution in [2.75, 3.05) is 0 Å². The minimum atomic E-state index is -0.839. The van der Waals surface area contributed by atoms with Crippen molar-refractivity contribution in [3.8, 4) is 0 Å². The second kappa shape index (κ2) is 19.4. The van der Waals surface area contributed by atoms with Crippen molar-refractivity contribution in [1.82, 2.24) is 0 Å². The molecule has 0 rings (SSSR count). The van der Waals surface area contributed by atoms with Crippen LogP contribution in [0.4, 0.5) is 0 Å². The Morgan fingerprint density at radius 2 is 1.04 bits per heavy atom. The largest absolute Gasteiger partial charge is 0.386 e. The van der Waals surface area contributed by atoms with Crippen molar-refractivity contribution < 1.29 is 9.90 Å². The van der Waals surface area contributed by atoms with Gasteiger partial charge >= 0.3 is 0 Å². The molecule has 0 aromatic carbocycles. The van der Waals surface area contributed by atoms with Crippen LogP contribution in [-0.2, 0) is 4.79 Å². The molecule has 2 nitrogen and oxygen atoms in total. The fourth-order valence-electron chi connectivity index (χ4n) is 2.07. The van der Waals surface area contributed by atoms with E-state index in [1.54, 1.807) is 0 Å². The normalized spacial score (nSPS) is 14.3. The topological polar surface area (TPSA) is 37.3 Å². The van der Waals surface area contributed by atoms with E-state index in [2.05, 4.69) is 73.8 Å². The molecule has 0 spiro atoms. The lowest BCUT2D eigenvalue weighted by atomic mass is 10.1. The molecular weight excluding hydrogens is 320 g/mol. The van der Waals surface area contributed by atoms with Gasteiger partial charge in [-0.2, -0.15) is 0 Å². The lowest BCUT2D eigenvalue weighted by Crippen LogP contribution is -2.14. The van der Waals surface area contributed by atoms with E-state index in [0.717, 1.165) is 38.5 Å². The highest BCUT2D eigenvalue weighted by atomic mass is 16.3. The number of hydrogen-bond donors (Lipinski definition) is 1. The number of hydrogen-bond acceptors (Lipinski definition) is 2.